The van der Waals surface area contributed by atoms with Gasteiger partial charge in [0.2, 0.25) is 5.91 Å². The van der Waals surface area contributed by atoms with Gasteiger partial charge in [0.15, 0.2) is 0 Å². The fourth-order valence-corrected chi connectivity index (χ4v) is 1.83. The molecule has 15 heavy (non-hydrogen) atoms. The molecule has 0 fully saturated rings. The number of nitrogens with two attached hydrogens (primary N) is 1. The molecular weight excluding hydrogens is 192 g/mol. The van der Waals surface area contributed by atoms with Crippen molar-refractivity contribution in [2.75, 3.05) is 18.6 Å². The zero-order valence-corrected chi connectivity index (χ0v) is 8.60. The maximum absolute atomic E-state index is 11.4. The number of nitrogens with zero attached hydrogens (tertiary/aromatic N) is 1. The van der Waals surface area contributed by atoms with Crippen LogP contribution in [0.2, 0.25) is 0 Å². The molecular formula is C11H14N2O2. The molecule has 3 N–H and O–H groups in total. The summed E-state index contributed by atoms with van der Waals surface area (Å²) in [5.41, 5.74) is 8.51. The highest BCUT2D eigenvalue weighted by atomic mass is 16.3. The van der Waals surface area contributed by atoms with Gasteiger partial charge in [-0.2, -0.15) is 0 Å². The number of carbonyl (C=O) groups is 1. The normalized spacial score (nSPS) is 16.7. The molecule has 1 unspecified atom stereocenters. The molecule has 2 rings (SSSR count). The molecule has 0 saturated heterocycles. The van der Waals surface area contributed by atoms with E-state index in [1.54, 1.807) is 11.9 Å². The molecule has 0 aromatic heterocycles. The Morgan fingerprint density at radius 2 is 2.33 bits per heavy atom. The van der Waals surface area contributed by atoms with Crippen molar-refractivity contribution < 1.29 is 9.90 Å². The summed E-state index contributed by atoms with van der Waals surface area (Å²) in [6.45, 7) is -0.0808. The van der Waals surface area contributed by atoms with Gasteiger partial charge in [-0.25, -0.2) is 0 Å². The molecule has 4 nitrogen and oxygen atoms in total. The number of hydrogen-bond donors (Lipinski definition) is 2. The Labute approximate surface area is 88.3 Å². The molecule has 4 heteroatoms. The number of carbonyl (C=O) groups excluding carboxylic acids is 1. The van der Waals surface area contributed by atoms with E-state index in [-0.39, 0.29) is 18.6 Å². The minimum Gasteiger partial charge on any atom is -0.394 e. The van der Waals surface area contributed by atoms with Crippen LogP contribution in [0.1, 0.15) is 17.2 Å². The third-order valence-corrected chi connectivity index (χ3v) is 2.81. The van der Waals surface area contributed by atoms with Crippen LogP contribution in [-0.4, -0.2) is 24.7 Å². The van der Waals surface area contributed by atoms with Gasteiger partial charge < -0.3 is 15.7 Å². The summed E-state index contributed by atoms with van der Waals surface area (Å²) in [6, 6.07) is 5.27. The lowest BCUT2D eigenvalue weighted by Gasteiger charge is -2.12. The predicted molar refractivity (Wildman–Crippen MR) is 57.6 cm³/mol. The maximum Gasteiger partial charge on any atom is 0.231 e. The van der Waals surface area contributed by atoms with E-state index in [9.17, 15) is 4.79 Å². The van der Waals surface area contributed by atoms with Crippen molar-refractivity contribution in [3.63, 3.8) is 0 Å². The van der Waals surface area contributed by atoms with E-state index in [0.29, 0.717) is 6.42 Å². The number of aliphatic hydroxyl groups excluding tert-OH is 1. The minimum absolute atomic E-state index is 0.0808. The summed E-state index contributed by atoms with van der Waals surface area (Å²) in [6.07, 6.45) is 0.428. The van der Waals surface area contributed by atoms with Crippen molar-refractivity contribution in [3.8, 4) is 0 Å². The summed E-state index contributed by atoms with van der Waals surface area (Å²) in [5.74, 6) is 0.0970. The third kappa shape index (κ3) is 1.62. The highest BCUT2D eigenvalue weighted by Crippen LogP contribution is 2.29. The van der Waals surface area contributed by atoms with Crippen molar-refractivity contribution in [1.29, 1.82) is 0 Å². The zero-order valence-electron chi connectivity index (χ0n) is 8.60. The Morgan fingerprint density at radius 3 is 3.00 bits per heavy atom. The van der Waals surface area contributed by atoms with E-state index < -0.39 is 0 Å². The van der Waals surface area contributed by atoms with Crippen molar-refractivity contribution in [1.82, 2.24) is 0 Å². The lowest BCUT2D eigenvalue weighted by atomic mass is 10.0. The maximum atomic E-state index is 11.4. The van der Waals surface area contributed by atoms with Crippen molar-refractivity contribution in [2.45, 2.75) is 12.5 Å². The summed E-state index contributed by atoms with van der Waals surface area (Å²) in [4.78, 5) is 13.1. The SMILES string of the molecule is CN1C(=O)Cc2cc(C(N)CO)ccc21. The van der Waals surface area contributed by atoms with E-state index in [1.165, 1.54) is 0 Å². The summed E-state index contributed by atoms with van der Waals surface area (Å²) >= 11 is 0. The predicted octanol–water partition coefficient (Wildman–Crippen LogP) is 0.198. The molecule has 1 aliphatic rings. The Hall–Kier alpha value is -1.39. The number of likely N-dealkylation sites (N-methyl/N-ethyl adjacent to an activating group) is 1. The second kappa shape index (κ2) is 3.64. The van der Waals surface area contributed by atoms with Gasteiger partial charge in [0, 0.05) is 12.7 Å². The van der Waals surface area contributed by atoms with E-state index in [2.05, 4.69) is 0 Å². The molecule has 1 aromatic rings. The highest BCUT2D eigenvalue weighted by Gasteiger charge is 2.24. The topological polar surface area (TPSA) is 66.6 Å². The van der Waals surface area contributed by atoms with Crippen LogP contribution in [0.5, 0.6) is 0 Å². The van der Waals surface area contributed by atoms with Crippen LogP contribution < -0.4 is 10.6 Å². The molecule has 80 valence electrons. The van der Waals surface area contributed by atoms with Crippen molar-refractivity contribution in [3.05, 3.63) is 29.3 Å². The van der Waals surface area contributed by atoms with Gasteiger partial charge in [0.05, 0.1) is 19.1 Å². The largest absolute Gasteiger partial charge is 0.394 e. The van der Waals surface area contributed by atoms with Crippen LogP contribution in [0, 0.1) is 0 Å². The van der Waals surface area contributed by atoms with Crippen LogP contribution in [-0.2, 0) is 11.2 Å². The smallest absolute Gasteiger partial charge is 0.231 e. The molecule has 1 amide bonds. The zero-order chi connectivity index (χ0) is 11.0. The third-order valence-electron chi connectivity index (χ3n) is 2.81. The summed E-state index contributed by atoms with van der Waals surface area (Å²) in [5, 5.41) is 8.94. The van der Waals surface area contributed by atoms with Gasteiger partial charge in [-0.05, 0) is 17.2 Å². The van der Waals surface area contributed by atoms with Crippen LogP contribution in [0.15, 0.2) is 18.2 Å². The van der Waals surface area contributed by atoms with E-state index >= 15 is 0 Å². The van der Waals surface area contributed by atoms with Crippen molar-refractivity contribution >= 4 is 11.6 Å². The average Bonchev–Trinajstić information content (AvgIpc) is 2.53. The molecule has 1 aliphatic heterocycles. The first-order valence-corrected chi connectivity index (χ1v) is 4.89. The number of rotatable bonds is 2. The first-order chi connectivity index (χ1) is 7.13. The van der Waals surface area contributed by atoms with Crippen molar-refractivity contribution in [2.24, 2.45) is 5.73 Å². The second-order valence-corrected chi connectivity index (χ2v) is 3.81. The molecule has 1 heterocycles. The standard InChI is InChI=1S/C11H14N2O2/c1-13-10-3-2-7(9(12)6-14)4-8(10)5-11(13)15/h2-4,9,14H,5-6,12H2,1H3. The van der Waals surface area contributed by atoms with Crippen LogP contribution in [0.3, 0.4) is 0 Å². The summed E-state index contributed by atoms with van der Waals surface area (Å²) in [7, 11) is 1.76. The lowest BCUT2D eigenvalue weighted by Crippen LogP contribution is -2.20. The first kappa shape index (κ1) is 10.1. The van der Waals surface area contributed by atoms with Crippen LogP contribution in [0.25, 0.3) is 0 Å². The number of aliphatic hydroxyl groups is 1. The number of anilines is 1. The van der Waals surface area contributed by atoms with Gasteiger partial charge >= 0.3 is 0 Å². The van der Waals surface area contributed by atoms with Gasteiger partial charge in [-0.3, -0.25) is 4.79 Å². The molecule has 0 saturated carbocycles. The molecule has 1 atom stereocenters. The van der Waals surface area contributed by atoms with Gasteiger partial charge in [-0.15, -0.1) is 0 Å². The molecule has 1 aromatic carbocycles. The minimum atomic E-state index is -0.365. The Morgan fingerprint density at radius 1 is 1.60 bits per heavy atom. The number of fused-ring (bicyclic) bond motifs is 1. The molecule has 0 radical (unpaired) electrons. The monoisotopic (exact) mass is 206 g/mol. The second-order valence-electron chi connectivity index (χ2n) is 3.81. The molecule has 0 bridgehead atoms. The summed E-state index contributed by atoms with van der Waals surface area (Å²) < 4.78 is 0. The fraction of sp³-hybridized carbons (Fsp3) is 0.364. The highest BCUT2D eigenvalue weighted by molar-refractivity contribution is 6.00. The Kier molecular flexibility index (Phi) is 2.46. The quantitative estimate of drug-likeness (QED) is 0.726. The van der Waals surface area contributed by atoms with E-state index in [0.717, 1.165) is 16.8 Å². The van der Waals surface area contributed by atoms with Gasteiger partial charge in [0.1, 0.15) is 0 Å². The van der Waals surface area contributed by atoms with E-state index in [4.69, 9.17) is 10.8 Å². The average molecular weight is 206 g/mol. The number of hydrogen-bond acceptors (Lipinski definition) is 3. The molecule has 0 spiro atoms. The lowest BCUT2D eigenvalue weighted by molar-refractivity contribution is -0.117. The molecule has 0 aliphatic carbocycles. The van der Waals surface area contributed by atoms with Crippen LogP contribution >= 0.6 is 0 Å². The Balaban J connectivity index is 2.37. The van der Waals surface area contributed by atoms with Gasteiger partial charge in [-0.1, -0.05) is 12.1 Å². The fourth-order valence-electron chi connectivity index (χ4n) is 1.83. The van der Waals surface area contributed by atoms with Crippen LogP contribution in [0.4, 0.5) is 5.69 Å². The van der Waals surface area contributed by atoms with E-state index in [1.807, 2.05) is 18.2 Å². The Bertz CT molecular complexity index is 404. The number of amides is 1. The number of benzene rings is 1. The first-order valence-electron chi connectivity index (χ1n) is 4.89. The van der Waals surface area contributed by atoms with Gasteiger partial charge in [0.25, 0.3) is 0 Å².